The highest BCUT2D eigenvalue weighted by Crippen LogP contribution is 2.20. The highest BCUT2D eigenvalue weighted by Gasteiger charge is 2.19. The summed E-state index contributed by atoms with van der Waals surface area (Å²) in [5, 5.41) is 13.6. The van der Waals surface area contributed by atoms with E-state index in [0.717, 1.165) is 6.20 Å². The number of nitrogens with two attached hydrogens (primary N) is 1. The van der Waals surface area contributed by atoms with Gasteiger partial charge in [0.15, 0.2) is 0 Å². The molecule has 0 atom stereocenters. The van der Waals surface area contributed by atoms with E-state index in [-0.39, 0.29) is 11.2 Å². The number of fused-ring (bicyclic) bond motifs is 1. The van der Waals surface area contributed by atoms with Gasteiger partial charge in [0.1, 0.15) is 4.91 Å². The zero-order valence-electron chi connectivity index (χ0n) is 9.62. The Bertz CT molecular complexity index is 842. The van der Waals surface area contributed by atoms with Crippen LogP contribution < -0.4 is 11.3 Å². The van der Waals surface area contributed by atoms with Crippen molar-refractivity contribution in [1.29, 1.82) is 5.41 Å². The minimum atomic E-state index is -3.85. The molecule has 0 spiro atoms. The number of aromatic nitrogens is 2. The van der Waals surface area contributed by atoms with Crippen LogP contribution in [-0.4, -0.2) is 24.8 Å². The SMILES string of the molecule is N=C/C(=C\N)S(=O)(=O)c1ccc2c(=O)[nH]ncc2c1.[HH]. The lowest BCUT2D eigenvalue weighted by Crippen LogP contribution is -2.10. The summed E-state index contributed by atoms with van der Waals surface area (Å²) in [6.07, 6.45) is 2.87. The Labute approximate surface area is 109 Å². The predicted octanol–water partition coefficient (Wildman–Crippen LogP) is 0.392. The van der Waals surface area contributed by atoms with Gasteiger partial charge in [0.2, 0.25) is 9.84 Å². The van der Waals surface area contributed by atoms with E-state index in [1.54, 1.807) is 0 Å². The maximum atomic E-state index is 12.1. The van der Waals surface area contributed by atoms with Gasteiger partial charge in [-0.2, -0.15) is 5.10 Å². The molecular weight excluding hydrogens is 268 g/mol. The van der Waals surface area contributed by atoms with Gasteiger partial charge in [-0.3, -0.25) is 4.79 Å². The zero-order chi connectivity index (χ0) is 14.0. The maximum absolute atomic E-state index is 12.1. The summed E-state index contributed by atoms with van der Waals surface area (Å²) in [5.41, 5.74) is 4.78. The van der Waals surface area contributed by atoms with Crippen molar-refractivity contribution in [3.63, 3.8) is 0 Å². The summed E-state index contributed by atoms with van der Waals surface area (Å²) < 4.78 is 24.2. The minimum Gasteiger partial charge on any atom is -0.403 e. The van der Waals surface area contributed by atoms with E-state index in [0.29, 0.717) is 17.0 Å². The lowest BCUT2D eigenvalue weighted by molar-refractivity contribution is 0.603. The molecule has 1 aromatic heterocycles. The van der Waals surface area contributed by atoms with Crippen LogP contribution in [0.4, 0.5) is 0 Å². The third kappa shape index (κ3) is 2.13. The predicted molar refractivity (Wildman–Crippen MR) is 72.7 cm³/mol. The molecule has 1 heterocycles. The second-order valence-corrected chi connectivity index (χ2v) is 5.61. The molecule has 0 radical (unpaired) electrons. The van der Waals surface area contributed by atoms with Crippen LogP contribution in [0.2, 0.25) is 0 Å². The van der Waals surface area contributed by atoms with Gasteiger partial charge in [-0.15, -0.1) is 0 Å². The molecule has 100 valence electrons. The first-order valence-corrected chi connectivity index (χ1v) is 6.64. The van der Waals surface area contributed by atoms with Crippen molar-refractivity contribution in [3.05, 3.63) is 45.9 Å². The Balaban J connectivity index is 0.00000200. The van der Waals surface area contributed by atoms with Crippen molar-refractivity contribution in [2.75, 3.05) is 0 Å². The van der Waals surface area contributed by atoms with Crippen LogP contribution in [0.1, 0.15) is 1.43 Å². The number of rotatable bonds is 3. The molecule has 0 aliphatic carbocycles. The average molecular weight is 280 g/mol. The normalized spacial score (nSPS) is 12.5. The van der Waals surface area contributed by atoms with E-state index >= 15 is 0 Å². The Morgan fingerprint density at radius 3 is 2.84 bits per heavy atom. The molecule has 0 fully saturated rings. The summed E-state index contributed by atoms with van der Waals surface area (Å²) in [6.45, 7) is 0. The lowest BCUT2D eigenvalue weighted by Gasteiger charge is -2.05. The number of aromatic amines is 1. The zero-order valence-corrected chi connectivity index (χ0v) is 10.4. The summed E-state index contributed by atoms with van der Waals surface area (Å²) in [5.74, 6) is 0. The van der Waals surface area contributed by atoms with Crippen LogP contribution in [0, 0.1) is 5.41 Å². The quantitative estimate of drug-likeness (QED) is 0.700. The van der Waals surface area contributed by atoms with Gasteiger partial charge >= 0.3 is 0 Å². The van der Waals surface area contributed by atoms with E-state index in [4.69, 9.17) is 11.1 Å². The summed E-state index contributed by atoms with van der Waals surface area (Å²) >= 11 is 0. The number of benzene rings is 1. The number of nitrogens with zero attached hydrogens (tertiary/aromatic N) is 1. The van der Waals surface area contributed by atoms with Crippen molar-refractivity contribution < 1.29 is 9.84 Å². The standard InChI is InChI=1S/C11H10N4O3S.H2/c12-4-9(5-13)19(17,18)8-1-2-10-7(3-8)6-14-15-11(10)16;/h1-6,12H,13H2,(H,15,16);1H/b9-5+,12-4?;. The molecule has 0 aliphatic rings. The molecule has 0 aliphatic heterocycles. The van der Waals surface area contributed by atoms with E-state index < -0.39 is 15.4 Å². The third-order valence-electron chi connectivity index (χ3n) is 2.56. The van der Waals surface area contributed by atoms with Gasteiger partial charge in [0.05, 0.1) is 16.5 Å². The Hall–Kier alpha value is -2.48. The molecule has 0 bridgehead atoms. The Morgan fingerprint density at radius 1 is 1.47 bits per heavy atom. The second kappa shape index (κ2) is 4.65. The van der Waals surface area contributed by atoms with Gasteiger partial charge in [-0.25, -0.2) is 13.5 Å². The van der Waals surface area contributed by atoms with Gasteiger partial charge in [-0.05, 0) is 18.2 Å². The van der Waals surface area contributed by atoms with E-state index in [2.05, 4.69) is 10.2 Å². The molecule has 0 unspecified atom stereocenters. The maximum Gasteiger partial charge on any atom is 0.272 e. The highest BCUT2D eigenvalue weighted by molar-refractivity contribution is 7.96. The van der Waals surface area contributed by atoms with Gasteiger partial charge in [-0.1, -0.05) is 0 Å². The number of hydrogen-bond donors (Lipinski definition) is 3. The summed E-state index contributed by atoms with van der Waals surface area (Å²) in [4.78, 5) is 11.1. The van der Waals surface area contributed by atoms with E-state index in [9.17, 15) is 13.2 Å². The summed E-state index contributed by atoms with van der Waals surface area (Å²) in [6, 6.07) is 4.00. The van der Waals surface area contributed by atoms with Crippen molar-refractivity contribution >= 4 is 26.8 Å². The first kappa shape index (κ1) is 13.0. The fraction of sp³-hybridized carbons (Fsp3) is 0. The molecular formula is C11H12N4O3S. The number of hydrogen-bond acceptors (Lipinski definition) is 6. The van der Waals surface area contributed by atoms with Crippen molar-refractivity contribution in [3.8, 4) is 0 Å². The Kier molecular flexibility index (Phi) is 3.17. The fourth-order valence-corrected chi connectivity index (χ4v) is 2.73. The molecule has 0 amide bonds. The molecule has 7 nitrogen and oxygen atoms in total. The van der Waals surface area contributed by atoms with Crippen LogP contribution in [0.3, 0.4) is 0 Å². The van der Waals surface area contributed by atoms with Crippen LogP contribution in [-0.2, 0) is 9.84 Å². The average Bonchev–Trinajstić information content (AvgIpc) is 2.39. The van der Waals surface area contributed by atoms with Crippen LogP contribution >= 0.6 is 0 Å². The smallest absolute Gasteiger partial charge is 0.272 e. The highest BCUT2D eigenvalue weighted by atomic mass is 32.2. The fourth-order valence-electron chi connectivity index (χ4n) is 1.59. The molecule has 1 aromatic carbocycles. The van der Waals surface area contributed by atoms with Gasteiger partial charge in [0, 0.05) is 19.2 Å². The third-order valence-corrected chi connectivity index (χ3v) is 4.31. The molecule has 2 aromatic rings. The van der Waals surface area contributed by atoms with E-state index in [1.165, 1.54) is 24.4 Å². The van der Waals surface area contributed by atoms with Crippen LogP contribution in [0.5, 0.6) is 0 Å². The topological polar surface area (TPSA) is 130 Å². The molecule has 2 rings (SSSR count). The van der Waals surface area contributed by atoms with Crippen molar-refractivity contribution in [1.82, 2.24) is 10.2 Å². The van der Waals surface area contributed by atoms with Gasteiger partial charge in [0.25, 0.3) is 5.56 Å². The first-order chi connectivity index (χ1) is 9.00. The Morgan fingerprint density at radius 2 is 2.21 bits per heavy atom. The number of allylic oxidation sites excluding steroid dienone is 1. The molecule has 8 heteroatoms. The number of H-pyrrole nitrogens is 1. The summed E-state index contributed by atoms with van der Waals surface area (Å²) in [7, 11) is -3.85. The largest absolute Gasteiger partial charge is 0.403 e. The van der Waals surface area contributed by atoms with Crippen molar-refractivity contribution in [2.24, 2.45) is 5.73 Å². The number of nitrogens with one attached hydrogen (secondary N) is 2. The molecule has 4 N–H and O–H groups in total. The van der Waals surface area contributed by atoms with Crippen LogP contribution in [0.25, 0.3) is 10.8 Å². The second-order valence-electron chi connectivity index (χ2n) is 3.66. The molecule has 19 heavy (non-hydrogen) atoms. The van der Waals surface area contributed by atoms with Gasteiger partial charge < -0.3 is 11.1 Å². The van der Waals surface area contributed by atoms with Crippen molar-refractivity contribution in [2.45, 2.75) is 4.90 Å². The molecule has 0 saturated heterocycles. The monoisotopic (exact) mass is 280 g/mol. The van der Waals surface area contributed by atoms with Crippen LogP contribution in [0.15, 0.2) is 45.2 Å². The minimum absolute atomic E-state index is 0. The molecule has 0 saturated carbocycles. The van der Waals surface area contributed by atoms with E-state index in [1.807, 2.05) is 0 Å². The first-order valence-electron chi connectivity index (χ1n) is 5.15. The number of sulfone groups is 1. The lowest BCUT2D eigenvalue weighted by atomic mass is 10.2.